The van der Waals surface area contributed by atoms with Gasteiger partial charge < -0.3 is 9.47 Å². The molecule has 0 N–H and O–H groups in total. The average Bonchev–Trinajstić information content (AvgIpc) is 2.85. The van der Waals surface area contributed by atoms with E-state index in [0.717, 1.165) is 62.9 Å². The third-order valence-electron chi connectivity index (χ3n) is 9.89. The van der Waals surface area contributed by atoms with Crippen LogP contribution in [0.3, 0.4) is 0 Å². The van der Waals surface area contributed by atoms with Gasteiger partial charge in [0, 0.05) is 6.61 Å². The molecule has 4 fully saturated rings. The summed E-state index contributed by atoms with van der Waals surface area (Å²) in [6.07, 6.45) is 16.4. The molecular weight excluding hydrogens is 418 g/mol. The molecule has 4 saturated carbocycles. The third-order valence-corrected chi connectivity index (χ3v) is 9.89. The van der Waals surface area contributed by atoms with Crippen molar-refractivity contribution < 1.29 is 18.3 Å². The highest BCUT2D eigenvalue weighted by Crippen LogP contribution is 2.48. The van der Waals surface area contributed by atoms with Gasteiger partial charge in [0.2, 0.25) is 0 Å². The van der Waals surface area contributed by atoms with Crippen LogP contribution in [0.25, 0.3) is 0 Å². The van der Waals surface area contributed by atoms with Gasteiger partial charge in [-0.2, -0.15) is 8.78 Å². The van der Waals surface area contributed by atoms with Gasteiger partial charge in [-0.1, -0.05) is 6.08 Å². The molecule has 0 atom stereocenters. The summed E-state index contributed by atoms with van der Waals surface area (Å²) in [6.45, 7) is 6.79. The van der Waals surface area contributed by atoms with Crippen LogP contribution in [0.1, 0.15) is 110 Å². The maximum Gasteiger partial charge on any atom is 0.358 e. The zero-order valence-electron chi connectivity index (χ0n) is 21.0. The van der Waals surface area contributed by atoms with E-state index >= 15 is 0 Å². The minimum absolute atomic E-state index is 0.271. The number of alkyl halides is 2. The first-order valence-corrected chi connectivity index (χ1v) is 14.3. The van der Waals surface area contributed by atoms with Crippen LogP contribution in [-0.4, -0.2) is 24.9 Å². The highest BCUT2D eigenvalue weighted by atomic mass is 19.3. The lowest BCUT2D eigenvalue weighted by Gasteiger charge is -2.42. The van der Waals surface area contributed by atoms with E-state index in [2.05, 4.69) is 13.5 Å². The van der Waals surface area contributed by atoms with E-state index < -0.39 is 12.0 Å². The largest absolute Gasteiger partial charge is 0.379 e. The Morgan fingerprint density at radius 3 is 1.55 bits per heavy atom. The van der Waals surface area contributed by atoms with E-state index in [-0.39, 0.29) is 6.10 Å². The normalized spacial score (nSPS) is 40.9. The fraction of sp³-hybridized carbons (Fsp3) is 0.931. The number of halogens is 2. The minimum atomic E-state index is -2.95. The first kappa shape index (κ1) is 25.6. The molecule has 33 heavy (non-hydrogen) atoms. The topological polar surface area (TPSA) is 18.5 Å². The lowest BCUT2D eigenvalue weighted by atomic mass is 9.65. The SMILES string of the molecule is C=CC1CCC(OC(F)(F)C2CCC(C3CCC(C4CCC(OCC)CC4)CC3)CC2)CC1. The Balaban J connectivity index is 1.16. The molecule has 4 aliphatic rings. The number of ether oxygens (including phenoxy) is 2. The Labute approximate surface area is 201 Å². The molecule has 0 bridgehead atoms. The number of hydrogen-bond donors (Lipinski definition) is 0. The predicted octanol–water partition coefficient (Wildman–Crippen LogP) is 8.55. The van der Waals surface area contributed by atoms with Gasteiger partial charge in [-0.25, -0.2) is 0 Å². The zero-order chi connectivity index (χ0) is 23.3. The van der Waals surface area contributed by atoms with E-state index in [1.54, 1.807) is 0 Å². The monoisotopic (exact) mass is 466 g/mol. The molecule has 4 heteroatoms. The van der Waals surface area contributed by atoms with E-state index in [4.69, 9.17) is 9.47 Å². The van der Waals surface area contributed by atoms with Gasteiger partial charge in [0.15, 0.2) is 0 Å². The summed E-state index contributed by atoms with van der Waals surface area (Å²) in [5, 5.41) is 0. The van der Waals surface area contributed by atoms with E-state index in [0.29, 0.717) is 30.8 Å². The first-order valence-electron chi connectivity index (χ1n) is 14.3. The van der Waals surface area contributed by atoms with E-state index in [1.807, 2.05) is 6.08 Å². The standard InChI is InChI=1S/C29H48F2O2/c1-3-21-5-17-28(18-6-21)33-29(30,31)26-15-11-24(12-16-26)22-7-9-23(10-8-22)25-13-19-27(20-14-25)32-4-2/h3,21-28H,1,4-20H2,2H3. The Hall–Kier alpha value is -0.480. The van der Waals surface area contributed by atoms with Gasteiger partial charge in [0.1, 0.15) is 0 Å². The first-order chi connectivity index (χ1) is 16.0. The van der Waals surface area contributed by atoms with Crippen LogP contribution in [0, 0.1) is 35.5 Å². The van der Waals surface area contributed by atoms with Crippen molar-refractivity contribution in [1.82, 2.24) is 0 Å². The highest BCUT2D eigenvalue weighted by molar-refractivity contribution is 4.88. The summed E-state index contributed by atoms with van der Waals surface area (Å²) in [7, 11) is 0. The van der Waals surface area contributed by atoms with Gasteiger partial charge in [-0.3, -0.25) is 0 Å². The molecule has 190 valence electrons. The fourth-order valence-electron chi connectivity index (χ4n) is 7.74. The summed E-state index contributed by atoms with van der Waals surface area (Å²) >= 11 is 0. The van der Waals surface area contributed by atoms with Crippen molar-refractivity contribution in [2.45, 2.75) is 128 Å². The van der Waals surface area contributed by atoms with Gasteiger partial charge >= 0.3 is 6.11 Å². The van der Waals surface area contributed by atoms with Crippen molar-refractivity contribution in [3.63, 3.8) is 0 Å². The van der Waals surface area contributed by atoms with Crippen LogP contribution < -0.4 is 0 Å². The molecule has 0 aromatic carbocycles. The quantitative estimate of drug-likeness (QED) is 0.334. The summed E-state index contributed by atoms with van der Waals surface area (Å²) in [4.78, 5) is 0. The fourth-order valence-corrected chi connectivity index (χ4v) is 7.74. The summed E-state index contributed by atoms with van der Waals surface area (Å²) < 4.78 is 41.1. The highest BCUT2D eigenvalue weighted by Gasteiger charge is 2.46. The predicted molar refractivity (Wildman–Crippen MR) is 130 cm³/mol. The Morgan fingerprint density at radius 2 is 1.09 bits per heavy atom. The van der Waals surface area contributed by atoms with Crippen molar-refractivity contribution >= 4 is 0 Å². The van der Waals surface area contributed by atoms with E-state index in [9.17, 15) is 8.78 Å². The van der Waals surface area contributed by atoms with Gasteiger partial charge in [-0.05, 0) is 139 Å². The Morgan fingerprint density at radius 1 is 0.667 bits per heavy atom. The number of rotatable bonds is 8. The van der Waals surface area contributed by atoms with Crippen molar-refractivity contribution in [3.8, 4) is 0 Å². The average molecular weight is 467 g/mol. The summed E-state index contributed by atoms with van der Waals surface area (Å²) in [5.74, 6) is 3.13. The molecule has 2 nitrogen and oxygen atoms in total. The molecule has 0 aliphatic heterocycles. The van der Waals surface area contributed by atoms with Crippen LogP contribution in [0.4, 0.5) is 8.78 Å². The molecule has 0 aromatic heterocycles. The number of allylic oxidation sites excluding steroid dienone is 1. The second kappa shape index (κ2) is 12.0. The Bertz CT molecular complexity index is 576. The minimum Gasteiger partial charge on any atom is -0.379 e. The van der Waals surface area contributed by atoms with Gasteiger partial charge in [0.05, 0.1) is 18.1 Å². The lowest BCUT2D eigenvalue weighted by Crippen LogP contribution is -2.40. The van der Waals surface area contributed by atoms with Gasteiger partial charge in [-0.15, -0.1) is 6.58 Å². The van der Waals surface area contributed by atoms with Crippen LogP contribution >= 0.6 is 0 Å². The van der Waals surface area contributed by atoms with Crippen molar-refractivity contribution in [3.05, 3.63) is 12.7 Å². The molecule has 4 aliphatic carbocycles. The van der Waals surface area contributed by atoms with Crippen molar-refractivity contribution in [1.29, 1.82) is 0 Å². The molecule has 0 saturated heterocycles. The van der Waals surface area contributed by atoms with Gasteiger partial charge in [0.25, 0.3) is 0 Å². The van der Waals surface area contributed by atoms with Crippen molar-refractivity contribution in [2.24, 2.45) is 35.5 Å². The van der Waals surface area contributed by atoms with E-state index in [1.165, 1.54) is 51.4 Å². The second-order valence-electron chi connectivity index (χ2n) is 11.7. The molecule has 0 amide bonds. The van der Waals surface area contributed by atoms with Crippen LogP contribution in [0.2, 0.25) is 0 Å². The number of hydrogen-bond acceptors (Lipinski definition) is 2. The Kier molecular flexibility index (Phi) is 9.29. The molecule has 4 rings (SSSR count). The van der Waals surface area contributed by atoms with Crippen LogP contribution in [0.15, 0.2) is 12.7 Å². The summed E-state index contributed by atoms with van der Waals surface area (Å²) in [5.41, 5.74) is 0. The molecule has 0 aromatic rings. The molecule has 0 radical (unpaired) electrons. The molecule has 0 unspecified atom stereocenters. The second-order valence-corrected chi connectivity index (χ2v) is 11.7. The summed E-state index contributed by atoms with van der Waals surface area (Å²) in [6, 6.07) is 0. The zero-order valence-corrected chi connectivity index (χ0v) is 21.0. The lowest BCUT2D eigenvalue weighted by molar-refractivity contribution is -0.302. The smallest absolute Gasteiger partial charge is 0.358 e. The molecular formula is C29H48F2O2. The van der Waals surface area contributed by atoms with Crippen molar-refractivity contribution in [2.75, 3.05) is 6.61 Å². The maximum absolute atomic E-state index is 14.9. The maximum atomic E-state index is 14.9. The molecule has 0 spiro atoms. The van der Waals surface area contributed by atoms with Crippen LogP contribution in [-0.2, 0) is 9.47 Å². The van der Waals surface area contributed by atoms with Crippen LogP contribution in [0.5, 0.6) is 0 Å². The molecule has 0 heterocycles. The third kappa shape index (κ3) is 6.81.